The summed E-state index contributed by atoms with van der Waals surface area (Å²) in [6.07, 6.45) is 4.17. The minimum atomic E-state index is -1.24. The van der Waals surface area contributed by atoms with Gasteiger partial charge in [-0.1, -0.05) is 13.8 Å². The maximum absolute atomic E-state index is 12.9. The Morgan fingerprint density at radius 2 is 1.41 bits per heavy atom. The zero-order valence-corrected chi connectivity index (χ0v) is 23.8. The number of carboxylic acids is 1. The highest BCUT2D eigenvalue weighted by atomic mass is 32.2. The van der Waals surface area contributed by atoms with Gasteiger partial charge in [0.1, 0.15) is 24.2 Å². The van der Waals surface area contributed by atoms with Gasteiger partial charge in [0.05, 0.1) is 6.04 Å². The quantitative estimate of drug-likeness (QED) is 0.0730. The van der Waals surface area contributed by atoms with Crippen molar-refractivity contribution in [3.63, 3.8) is 0 Å². The fourth-order valence-electron chi connectivity index (χ4n) is 3.25. The van der Waals surface area contributed by atoms with Crippen LogP contribution >= 0.6 is 24.4 Å². The van der Waals surface area contributed by atoms with Gasteiger partial charge < -0.3 is 37.8 Å². The lowest BCUT2D eigenvalue weighted by Gasteiger charge is -2.25. The lowest BCUT2D eigenvalue weighted by Crippen LogP contribution is -2.58. The van der Waals surface area contributed by atoms with E-state index < -0.39 is 59.8 Å². The number of hydrogen-bond donors (Lipinski definition) is 8. The number of carboxylic acid groups (broad SMARTS) is 1. The van der Waals surface area contributed by atoms with Crippen LogP contribution in [0.3, 0.4) is 0 Å². The Labute approximate surface area is 229 Å². The van der Waals surface area contributed by atoms with Gasteiger partial charge in [-0.15, -0.1) is 0 Å². The largest absolute Gasteiger partial charge is 0.480 e. The second-order valence-electron chi connectivity index (χ2n) is 9.24. The van der Waals surface area contributed by atoms with E-state index in [0.29, 0.717) is 38.0 Å². The summed E-state index contributed by atoms with van der Waals surface area (Å²) in [7, 11) is 0. The third kappa shape index (κ3) is 14.5. The number of rotatable bonds is 19. The van der Waals surface area contributed by atoms with Gasteiger partial charge in [-0.3, -0.25) is 19.2 Å². The molecule has 14 heteroatoms. The monoisotopic (exact) mass is 564 g/mol. The molecule has 9 N–H and O–H groups in total. The molecule has 37 heavy (non-hydrogen) atoms. The van der Waals surface area contributed by atoms with E-state index in [0.717, 1.165) is 0 Å². The normalized spacial score (nSPS) is 15.1. The van der Waals surface area contributed by atoms with Crippen molar-refractivity contribution in [3.05, 3.63) is 0 Å². The van der Waals surface area contributed by atoms with Gasteiger partial charge in [-0.25, -0.2) is 4.79 Å². The summed E-state index contributed by atoms with van der Waals surface area (Å²) in [6.45, 7) is 5.59. The van der Waals surface area contributed by atoms with Crippen molar-refractivity contribution in [2.24, 2.45) is 17.4 Å². The summed E-state index contributed by atoms with van der Waals surface area (Å²) in [6, 6.07) is -4.92. The van der Waals surface area contributed by atoms with Crippen LogP contribution in [0.1, 0.15) is 52.9 Å². The zero-order valence-electron chi connectivity index (χ0n) is 22.1. The molecule has 0 saturated carbocycles. The SMILES string of the molecule is CSCC[C@H](N)C(=O)N[C@@H](CCCCN)C(=O)N[C@@H](C)C(=O)N[C@@H](CC(C)C)C(=O)N[C@@H](CS)C(=O)O. The van der Waals surface area contributed by atoms with Gasteiger partial charge in [-0.2, -0.15) is 24.4 Å². The van der Waals surface area contributed by atoms with Crippen molar-refractivity contribution in [2.45, 2.75) is 83.1 Å². The molecule has 0 aromatic heterocycles. The van der Waals surface area contributed by atoms with Crippen LogP contribution in [0, 0.1) is 5.92 Å². The molecule has 12 nitrogen and oxygen atoms in total. The first-order valence-corrected chi connectivity index (χ1v) is 14.4. The lowest BCUT2D eigenvalue weighted by atomic mass is 10.0. The minimum Gasteiger partial charge on any atom is -0.480 e. The predicted molar refractivity (Wildman–Crippen MR) is 148 cm³/mol. The number of thiol groups is 1. The zero-order chi connectivity index (χ0) is 28.5. The summed E-state index contributed by atoms with van der Waals surface area (Å²) >= 11 is 5.49. The second-order valence-corrected chi connectivity index (χ2v) is 10.6. The van der Waals surface area contributed by atoms with Gasteiger partial charge >= 0.3 is 5.97 Å². The van der Waals surface area contributed by atoms with Gasteiger partial charge in [0, 0.05) is 5.75 Å². The molecule has 0 aromatic carbocycles. The van der Waals surface area contributed by atoms with Crippen LogP contribution < -0.4 is 32.7 Å². The van der Waals surface area contributed by atoms with Crippen LogP contribution in [-0.2, 0) is 24.0 Å². The third-order valence-electron chi connectivity index (χ3n) is 5.44. The van der Waals surface area contributed by atoms with Gasteiger partial charge in [0.15, 0.2) is 0 Å². The van der Waals surface area contributed by atoms with Crippen molar-refractivity contribution in [1.29, 1.82) is 0 Å². The molecular formula is C23H44N6O6S2. The van der Waals surface area contributed by atoms with Gasteiger partial charge in [0.25, 0.3) is 0 Å². The highest BCUT2D eigenvalue weighted by Crippen LogP contribution is 2.07. The van der Waals surface area contributed by atoms with E-state index >= 15 is 0 Å². The number of hydrogen-bond acceptors (Lipinski definition) is 9. The number of aliphatic carboxylic acids is 1. The summed E-state index contributed by atoms with van der Waals surface area (Å²) in [5.41, 5.74) is 11.5. The van der Waals surface area contributed by atoms with E-state index in [9.17, 15) is 29.1 Å². The van der Waals surface area contributed by atoms with Crippen LogP contribution in [0.2, 0.25) is 0 Å². The van der Waals surface area contributed by atoms with Gasteiger partial charge in [-0.05, 0) is 63.5 Å². The molecule has 5 atom stereocenters. The summed E-state index contributed by atoms with van der Waals surface area (Å²) < 4.78 is 0. The van der Waals surface area contributed by atoms with E-state index in [4.69, 9.17) is 11.5 Å². The van der Waals surface area contributed by atoms with Crippen molar-refractivity contribution < 1.29 is 29.1 Å². The van der Waals surface area contributed by atoms with Crippen LogP contribution in [0.25, 0.3) is 0 Å². The molecule has 0 saturated heterocycles. The number of nitrogens with one attached hydrogen (secondary N) is 4. The molecule has 0 heterocycles. The van der Waals surface area contributed by atoms with E-state index in [1.807, 2.05) is 20.1 Å². The molecule has 0 bridgehead atoms. The van der Waals surface area contributed by atoms with Gasteiger partial charge in [0.2, 0.25) is 23.6 Å². The van der Waals surface area contributed by atoms with E-state index in [1.165, 1.54) is 6.92 Å². The number of unbranched alkanes of at least 4 members (excludes halogenated alkanes) is 1. The van der Waals surface area contributed by atoms with Crippen LogP contribution in [0.4, 0.5) is 0 Å². The molecule has 0 radical (unpaired) electrons. The summed E-state index contributed by atoms with van der Waals surface area (Å²) in [4.78, 5) is 62.2. The number of nitrogens with two attached hydrogens (primary N) is 2. The standard InChI is InChI=1S/C23H44N6O6S2/c1-13(2)11-17(22(33)29-18(12-36)23(34)35)28-19(30)14(3)26-21(32)16(7-5-6-9-24)27-20(31)15(25)8-10-37-4/h13-18,36H,5-12,24-25H2,1-4H3,(H,26,32)(H,27,31)(H,28,30)(H,29,33)(H,34,35)/t14-,15-,16-,17-,18-/m0/s1. The Morgan fingerprint density at radius 1 is 0.838 bits per heavy atom. The van der Waals surface area contributed by atoms with Crippen molar-refractivity contribution in [2.75, 3.05) is 24.3 Å². The summed E-state index contributed by atoms with van der Waals surface area (Å²) in [5.74, 6) is -2.95. The average molecular weight is 565 g/mol. The molecular weight excluding hydrogens is 520 g/mol. The summed E-state index contributed by atoms with van der Waals surface area (Å²) in [5, 5.41) is 19.4. The molecule has 4 amide bonds. The van der Waals surface area contributed by atoms with E-state index in [-0.39, 0.29) is 18.1 Å². The first kappa shape index (κ1) is 35.0. The highest BCUT2D eigenvalue weighted by Gasteiger charge is 2.30. The average Bonchev–Trinajstić information content (AvgIpc) is 2.83. The molecule has 0 spiro atoms. The van der Waals surface area contributed by atoms with Crippen molar-refractivity contribution in [3.8, 4) is 0 Å². The molecule has 214 valence electrons. The fourth-order valence-corrected chi connectivity index (χ4v) is 3.99. The Kier molecular flexibility index (Phi) is 18.1. The van der Waals surface area contributed by atoms with Crippen LogP contribution in [0.5, 0.6) is 0 Å². The van der Waals surface area contributed by atoms with E-state index in [2.05, 4.69) is 33.9 Å². The molecule has 0 unspecified atom stereocenters. The van der Waals surface area contributed by atoms with Crippen molar-refractivity contribution in [1.82, 2.24) is 21.3 Å². The van der Waals surface area contributed by atoms with Crippen LogP contribution in [-0.4, -0.2) is 89.2 Å². The number of carbonyl (C=O) groups excluding carboxylic acids is 4. The third-order valence-corrected chi connectivity index (χ3v) is 6.45. The fraction of sp³-hybridized carbons (Fsp3) is 0.783. The predicted octanol–water partition coefficient (Wildman–Crippen LogP) is -0.785. The number of thioether (sulfide) groups is 1. The molecule has 0 aliphatic rings. The Bertz CT molecular complexity index is 757. The van der Waals surface area contributed by atoms with E-state index in [1.54, 1.807) is 11.8 Å². The number of carbonyl (C=O) groups is 5. The maximum Gasteiger partial charge on any atom is 0.327 e. The molecule has 0 rings (SSSR count). The lowest BCUT2D eigenvalue weighted by molar-refractivity contribution is -0.141. The smallest absolute Gasteiger partial charge is 0.327 e. The van der Waals surface area contributed by atoms with Crippen LogP contribution in [0.15, 0.2) is 0 Å². The highest BCUT2D eigenvalue weighted by molar-refractivity contribution is 7.98. The molecule has 0 fully saturated rings. The Balaban J connectivity index is 5.32. The second kappa shape index (κ2) is 19.1. The first-order valence-electron chi connectivity index (χ1n) is 12.4. The minimum absolute atomic E-state index is 0.0117. The Hall–Kier alpha value is -2.03. The maximum atomic E-state index is 12.9. The number of amides is 4. The Morgan fingerprint density at radius 3 is 1.92 bits per heavy atom. The first-order chi connectivity index (χ1) is 17.4. The molecule has 0 aliphatic heterocycles. The topological polar surface area (TPSA) is 206 Å². The van der Waals surface area contributed by atoms with Crippen molar-refractivity contribution >= 4 is 54.0 Å². The molecule has 0 aliphatic carbocycles. The molecule has 0 aromatic rings.